The standard InChI is InChI=1S/C37H42N6O2Si/c1-36(2,3)46-45-37(26-13-8-6-9-14-26,27-15-10-7-11-16-27)32-28(17-12-18-30(32)38)33-29-23-31(41-34(29)40-24-39-33)25-19-21-43(22-20-25)35(44)42(4)5/h6-19,23-24H,20-22,38,46H2,1-5H3,(H,39,40,41). The molecule has 3 heterocycles. The summed E-state index contributed by atoms with van der Waals surface area (Å²) in [4.78, 5) is 29.0. The fraction of sp³-hybridized carbons (Fsp3) is 0.270. The molecule has 0 atom stereocenters. The number of nitrogens with one attached hydrogen (secondary N) is 1. The van der Waals surface area contributed by atoms with Crippen molar-refractivity contribution in [2.24, 2.45) is 0 Å². The summed E-state index contributed by atoms with van der Waals surface area (Å²) in [6.07, 6.45) is 4.47. The molecule has 3 aromatic carbocycles. The SMILES string of the molecule is CN(C)C(=O)N1CC=C(c2cc3c(-c4cccc(N)c4C(O[SiH2]C(C)(C)C)(c4ccccc4)c4ccccc4)ncnc3[nH]2)CC1. The van der Waals surface area contributed by atoms with Crippen molar-refractivity contribution in [1.82, 2.24) is 24.8 Å². The van der Waals surface area contributed by atoms with Gasteiger partial charge in [0.05, 0.1) is 5.69 Å². The number of amides is 2. The molecule has 0 fully saturated rings. The summed E-state index contributed by atoms with van der Waals surface area (Å²) in [6, 6.07) is 29.0. The van der Waals surface area contributed by atoms with E-state index in [4.69, 9.17) is 15.1 Å². The molecule has 6 rings (SSSR count). The van der Waals surface area contributed by atoms with Crippen LogP contribution in [0.1, 0.15) is 49.6 Å². The Bertz CT molecular complexity index is 1840. The zero-order valence-corrected chi connectivity index (χ0v) is 28.7. The number of benzene rings is 3. The lowest BCUT2D eigenvalue weighted by molar-refractivity contribution is 0.158. The van der Waals surface area contributed by atoms with Crippen molar-refractivity contribution < 1.29 is 9.22 Å². The summed E-state index contributed by atoms with van der Waals surface area (Å²) >= 11 is 0. The van der Waals surface area contributed by atoms with E-state index in [1.165, 1.54) is 0 Å². The quantitative estimate of drug-likeness (QED) is 0.120. The van der Waals surface area contributed by atoms with Crippen molar-refractivity contribution in [3.63, 3.8) is 0 Å². The van der Waals surface area contributed by atoms with E-state index < -0.39 is 15.4 Å². The Labute approximate surface area is 273 Å². The molecule has 1 aliphatic rings. The summed E-state index contributed by atoms with van der Waals surface area (Å²) in [6.45, 7) is 7.92. The minimum absolute atomic E-state index is 0.0198. The Morgan fingerprint density at radius 2 is 1.63 bits per heavy atom. The molecule has 8 nitrogen and oxygen atoms in total. The van der Waals surface area contributed by atoms with Crippen molar-refractivity contribution in [3.05, 3.63) is 120 Å². The van der Waals surface area contributed by atoms with Crippen molar-refractivity contribution in [3.8, 4) is 11.3 Å². The number of urea groups is 1. The molecular weight excluding hydrogens is 589 g/mol. The lowest BCUT2D eigenvalue weighted by Crippen LogP contribution is -2.41. The molecule has 0 saturated heterocycles. The van der Waals surface area contributed by atoms with Gasteiger partial charge in [-0.05, 0) is 40.3 Å². The second-order valence-electron chi connectivity index (χ2n) is 13.3. The first-order chi connectivity index (χ1) is 22.1. The number of aromatic nitrogens is 3. The van der Waals surface area contributed by atoms with Crippen LogP contribution in [0.5, 0.6) is 0 Å². The highest BCUT2D eigenvalue weighted by atomic mass is 28.2. The van der Waals surface area contributed by atoms with E-state index >= 15 is 0 Å². The fourth-order valence-corrected chi connectivity index (χ4v) is 7.35. The first-order valence-electron chi connectivity index (χ1n) is 15.7. The summed E-state index contributed by atoms with van der Waals surface area (Å²) in [5, 5.41) is 0.927. The number of nitrogens with zero attached hydrogens (tertiary/aromatic N) is 4. The molecule has 3 N–H and O–H groups in total. The van der Waals surface area contributed by atoms with E-state index in [2.05, 4.69) is 97.5 Å². The van der Waals surface area contributed by atoms with Gasteiger partial charge in [0.2, 0.25) is 0 Å². The van der Waals surface area contributed by atoms with Crippen molar-refractivity contribution in [1.29, 1.82) is 0 Å². The second-order valence-corrected chi connectivity index (χ2v) is 16.0. The Morgan fingerprint density at radius 1 is 0.957 bits per heavy atom. The lowest BCUT2D eigenvalue weighted by atomic mass is 9.77. The maximum atomic E-state index is 12.5. The predicted octanol–water partition coefficient (Wildman–Crippen LogP) is 6.59. The summed E-state index contributed by atoms with van der Waals surface area (Å²) in [5.74, 6) is 0. The van der Waals surface area contributed by atoms with Gasteiger partial charge in [-0.2, -0.15) is 0 Å². The first-order valence-corrected chi connectivity index (χ1v) is 17.0. The Balaban J connectivity index is 1.55. The molecular formula is C37H42N6O2Si. The van der Waals surface area contributed by atoms with Crippen LogP contribution < -0.4 is 5.73 Å². The highest BCUT2D eigenvalue weighted by molar-refractivity contribution is 6.32. The van der Waals surface area contributed by atoms with Gasteiger partial charge < -0.3 is 24.9 Å². The van der Waals surface area contributed by atoms with Gasteiger partial charge in [-0.1, -0.05) is 99.6 Å². The minimum Gasteiger partial charge on any atom is -0.406 e. The third-order valence-corrected chi connectivity index (χ3v) is 9.86. The molecule has 0 saturated carbocycles. The van der Waals surface area contributed by atoms with Crippen molar-refractivity contribution in [2.45, 2.75) is 37.8 Å². The maximum Gasteiger partial charge on any atom is 0.319 e. The van der Waals surface area contributed by atoms with Crippen LogP contribution in [-0.4, -0.2) is 67.7 Å². The van der Waals surface area contributed by atoms with Gasteiger partial charge in [-0.15, -0.1) is 0 Å². The zero-order chi connectivity index (χ0) is 32.5. The topological polar surface area (TPSA) is 100 Å². The lowest BCUT2D eigenvalue weighted by Gasteiger charge is -2.40. The number of H-pyrrole nitrogens is 1. The number of hydrogen-bond donors (Lipinski definition) is 2. The molecule has 9 heteroatoms. The molecule has 0 unspecified atom stereocenters. The van der Waals surface area contributed by atoms with Crippen LogP contribution in [0.4, 0.5) is 10.5 Å². The first kappa shape index (κ1) is 31.3. The number of carbonyl (C=O) groups excluding carboxylic acids is 1. The maximum absolute atomic E-state index is 12.5. The smallest absolute Gasteiger partial charge is 0.319 e. The largest absolute Gasteiger partial charge is 0.406 e. The molecule has 2 aromatic heterocycles. The number of fused-ring (bicyclic) bond motifs is 1. The highest BCUT2D eigenvalue weighted by Gasteiger charge is 2.42. The second kappa shape index (κ2) is 12.6. The number of rotatable bonds is 7. The van der Waals surface area contributed by atoms with Gasteiger partial charge in [0.15, 0.2) is 9.76 Å². The van der Waals surface area contributed by atoms with Crippen LogP contribution in [0.25, 0.3) is 27.9 Å². The van der Waals surface area contributed by atoms with E-state index in [0.29, 0.717) is 18.8 Å². The molecule has 0 spiro atoms. The number of hydrogen-bond acceptors (Lipinski definition) is 5. The fourth-order valence-electron chi connectivity index (χ4n) is 6.22. The van der Waals surface area contributed by atoms with Gasteiger partial charge >= 0.3 is 6.03 Å². The van der Waals surface area contributed by atoms with E-state index in [-0.39, 0.29) is 11.1 Å². The van der Waals surface area contributed by atoms with Crippen LogP contribution in [-0.2, 0) is 10.0 Å². The highest BCUT2D eigenvalue weighted by Crippen LogP contribution is 2.48. The summed E-state index contributed by atoms with van der Waals surface area (Å²) < 4.78 is 7.32. The molecule has 0 bridgehead atoms. The predicted molar refractivity (Wildman–Crippen MR) is 189 cm³/mol. The third-order valence-electron chi connectivity index (χ3n) is 8.42. The van der Waals surface area contributed by atoms with Gasteiger partial charge in [-0.25, -0.2) is 14.8 Å². The van der Waals surface area contributed by atoms with Crippen molar-refractivity contribution in [2.75, 3.05) is 32.9 Å². The van der Waals surface area contributed by atoms with Crippen molar-refractivity contribution >= 4 is 38.1 Å². The average Bonchev–Trinajstić information content (AvgIpc) is 3.51. The van der Waals surface area contributed by atoms with E-state index in [0.717, 1.165) is 56.7 Å². The molecule has 46 heavy (non-hydrogen) atoms. The van der Waals surface area contributed by atoms with Crippen LogP contribution in [0.2, 0.25) is 5.04 Å². The molecule has 5 aromatic rings. The molecule has 2 amide bonds. The molecule has 1 aliphatic heterocycles. The Morgan fingerprint density at radius 3 is 2.22 bits per heavy atom. The number of anilines is 1. The van der Waals surface area contributed by atoms with Gasteiger partial charge in [0, 0.05) is 55.1 Å². The Hall–Kier alpha value is -4.73. The van der Waals surface area contributed by atoms with E-state index in [1.807, 2.05) is 29.2 Å². The molecule has 0 radical (unpaired) electrons. The van der Waals surface area contributed by atoms with E-state index in [9.17, 15) is 4.79 Å². The third kappa shape index (κ3) is 5.95. The minimum atomic E-state index is -1.10. The normalized spacial score (nSPS) is 14.2. The molecule has 236 valence electrons. The number of nitrogen functional groups attached to an aromatic ring is 1. The van der Waals surface area contributed by atoms with Gasteiger partial charge in [0.25, 0.3) is 0 Å². The number of nitrogens with two attached hydrogens (primary N) is 1. The van der Waals surface area contributed by atoms with Gasteiger partial charge in [0.1, 0.15) is 17.6 Å². The average molecular weight is 631 g/mol. The summed E-state index contributed by atoms with van der Waals surface area (Å²) in [5.41, 5.74) is 14.2. The zero-order valence-electron chi connectivity index (χ0n) is 27.2. The van der Waals surface area contributed by atoms with E-state index in [1.54, 1.807) is 25.3 Å². The summed E-state index contributed by atoms with van der Waals surface area (Å²) in [7, 11) is 2.47. The van der Waals surface area contributed by atoms with Crippen LogP contribution in [0.15, 0.2) is 97.3 Å². The number of aromatic amines is 1. The van der Waals surface area contributed by atoms with Crippen LogP contribution in [0.3, 0.4) is 0 Å². The van der Waals surface area contributed by atoms with Gasteiger partial charge in [-0.3, -0.25) is 0 Å². The van der Waals surface area contributed by atoms with Crippen LogP contribution in [0, 0.1) is 0 Å². The van der Waals surface area contributed by atoms with Crippen LogP contribution >= 0.6 is 0 Å². The monoisotopic (exact) mass is 630 g/mol. The number of carbonyl (C=O) groups is 1. The molecule has 0 aliphatic carbocycles. The Kier molecular flexibility index (Phi) is 8.54.